The first kappa shape index (κ1) is 17.5. The zero-order chi connectivity index (χ0) is 16.8. The number of nitrogens with one attached hydrogen (secondary N) is 1. The third-order valence-corrected chi connectivity index (χ3v) is 3.88. The number of hydrogen-bond donors (Lipinski definition) is 1. The Morgan fingerprint density at radius 3 is 2.96 bits per heavy atom. The largest absolute Gasteiger partial charge is 0.466 e. The summed E-state index contributed by atoms with van der Waals surface area (Å²) in [5.41, 5.74) is 0.806. The van der Waals surface area contributed by atoms with Crippen LogP contribution in [0.25, 0.3) is 0 Å². The summed E-state index contributed by atoms with van der Waals surface area (Å²) >= 11 is 0. The van der Waals surface area contributed by atoms with Gasteiger partial charge in [0.05, 0.1) is 24.8 Å². The first-order chi connectivity index (χ1) is 11.0. The lowest BCUT2D eigenvalue weighted by atomic mass is 9.98. The molecule has 1 aliphatic rings. The van der Waals surface area contributed by atoms with Crippen molar-refractivity contribution in [1.29, 1.82) is 0 Å². The molecule has 0 unspecified atom stereocenters. The van der Waals surface area contributed by atoms with E-state index in [1.54, 1.807) is 13.0 Å². The molecule has 0 saturated carbocycles. The van der Waals surface area contributed by atoms with Crippen LogP contribution in [0.2, 0.25) is 0 Å². The summed E-state index contributed by atoms with van der Waals surface area (Å²) in [7, 11) is 0. The molecular weight excluding hydrogens is 298 g/mol. The molecule has 0 spiro atoms. The van der Waals surface area contributed by atoms with Crippen LogP contribution in [0, 0.1) is 5.92 Å². The highest BCUT2D eigenvalue weighted by Gasteiger charge is 2.27. The fraction of sp³-hybridized carbons (Fsp3) is 0.688. The minimum Gasteiger partial charge on any atom is -0.466 e. The van der Waals surface area contributed by atoms with E-state index in [0.29, 0.717) is 19.0 Å². The minimum atomic E-state index is -0.172. The topological polar surface area (TPSA) is 84.7 Å². The van der Waals surface area contributed by atoms with Gasteiger partial charge in [0.1, 0.15) is 0 Å². The molecule has 23 heavy (non-hydrogen) atoms. The highest BCUT2D eigenvalue weighted by molar-refractivity contribution is 5.91. The van der Waals surface area contributed by atoms with Gasteiger partial charge >= 0.3 is 5.97 Å². The number of rotatable bonds is 6. The third-order valence-electron chi connectivity index (χ3n) is 3.88. The first-order valence-corrected chi connectivity index (χ1v) is 8.15. The van der Waals surface area contributed by atoms with Gasteiger partial charge in [-0.3, -0.25) is 19.8 Å². The van der Waals surface area contributed by atoms with Gasteiger partial charge in [0.2, 0.25) is 11.8 Å². The second kappa shape index (κ2) is 8.10. The molecule has 0 radical (unpaired) electrons. The molecule has 0 bridgehead atoms. The first-order valence-electron chi connectivity index (χ1n) is 8.15. The van der Waals surface area contributed by atoms with Gasteiger partial charge in [-0.1, -0.05) is 19.0 Å². The average molecular weight is 323 g/mol. The van der Waals surface area contributed by atoms with E-state index in [0.717, 1.165) is 25.1 Å². The number of hydrogen-bond acceptors (Lipinski definition) is 6. The van der Waals surface area contributed by atoms with Gasteiger partial charge in [0.25, 0.3) is 0 Å². The Morgan fingerprint density at radius 1 is 1.52 bits per heavy atom. The van der Waals surface area contributed by atoms with Crippen molar-refractivity contribution >= 4 is 17.8 Å². The highest BCUT2D eigenvalue weighted by atomic mass is 16.5. The SMILES string of the molecule is CCOC(=O)[C@@H]1CCCN(CC(=O)Nc2cc(C(C)C)no2)C1. The van der Waals surface area contributed by atoms with Gasteiger partial charge in [0, 0.05) is 12.6 Å². The molecule has 0 aromatic carbocycles. The van der Waals surface area contributed by atoms with E-state index < -0.39 is 0 Å². The van der Waals surface area contributed by atoms with Gasteiger partial charge in [-0.2, -0.15) is 0 Å². The zero-order valence-electron chi connectivity index (χ0n) is 14.0. The Morgan fingerprint density at radius 2 is 2.30 bits per heavy atom. The summed E-state index contributed by atoms with van der Waals surface area (Å²) in [6, 6.07) is 1.74. The normalized spacial score (nSPS) is 18.9. The second-order valence-corrected chi connectivity index (χ2v) is 6.15. The average Bonchev–Trinajstić information content (AvgIpc) is 2.96. The second-order valence-electron chi connectivity index (χ2n) is 6.15. The molecule has 2 heterocycles. The number of piperidine rings is 1. The van der Waals surface area contributed by atoms with Crippen LogP contribution in [0.4, 0.5) is 5.88 Å². The fourth-order valence-electron chi connectivity index (χ4n) is 2.65. The maximum atomic E-state index is 12.1. The molecule has 1 N–H and O–H groups in total. The number of amides is 1. The Bertz CT molecular complexity index is 541. The highest BCUT2D eigenvalue weighted by Crippen LogP contribution is 2.19. The summed E-state index contributed by atoms with van der Waals surface area (Å²) in [5, 5.41) is 6.61. The van der Waals surface area contributed by atoms with Crippen molar-refractivity contribution in [3.8, 4) is 0 Å². The van der Waals surface area contributed by atoms with Crippen LogP contribution < -0.4 is 5.32 Å². The van der Waals surface area contributed by atoms with E-state index >= 15 is 0 Å². The van der Waals surface area contributed by atoms with Gasteiger partial charge in [0.15, 0.2) is 0 Å². The van der Waals surface area contributed by atoms with Gasteiger partial charge in [-0.15, -0.1) is 0 Å². The summed E-state index contributed by atoms with van der Waals surface area (Å²) in [6.07, 6.45) is 1.70. The summed E-state index contributed by atoms with van der Waals surface area (Å²) < 4.78 is 10.2. The van der Waals surface area contributed by atoms with E-state index in [1.807, 2.05) is 18.7 Å². The lowest BCUT2D eigenvalue weighted by molar-refractivity contribution is -0.150. The molecule has 1 saturated heterocycles. The molecule has 1 fully saturated rings. The van der Waals surface area contributed by atoms with Crippen molar-refractivity contribution in [1.82, 2.24) is 10.1 Å². The number of anilines is 1. The maximum Gasteiger partial charge on any atom is 0.310 e. The molecule has 0 aliphatic carbocycles. The van der Waals surface area contributed by atoms with Gasteiger partial charge in [-0.25, -0.2) is 0 Å². The maximum absolute atomic E-state index is 12.1. The van der Waals surface area contributed by atoms with Crippen molar-refractivity contribution in [3.05, 3.63) is 11.8 Å². The molecule has 1 aliphatic heterocycles. The quantitative estimate of drug-likeness (QED) is 0.806. The fourth-order valence-corrected chi connectivity index (χ4v) is 2.65. The Balaban J connectivity index is 1.83. The smallest absolute Gasteiger partial charge is 0.310 e. The predicted octanol–water partition coefficient (Wildman–Crippen LogP) is 2.01. The van der Waals surface area contributed by atoms with Gasteiger partial charge in [-0.05, 0) is 32.2 Å². The molecule has 7 heteroatoms. The monoisotopic (exact) mass is 323 g/mol. The molecule has 1 aromatic heterocycles. The van der Waals surface area contributed by atoms with Crippen LogP contribution in [0.3, 0.4) is 0 Å². The molecule has 7 nitrogen and oxygen atoms in total. The summed E-state index contributed by atoms with van der Waals surface area (Å²) in [4.78, 5) is 25.9. The van der Waals surface area contributed by atoms with Crippen LogP contribution in [0.15, 0.2) is 10.6 Å². The van der Waals surface area contributed by atoms with Crippen molar-refractivity contribution in [2.24, 2.45) is 5.92 Å². The number of esters is 1. The van der Waals surface area contributed by atoms with E-state index in [1.165, 1.54) is 0 Å². The lowest BCUT2D eigenvalue weighted by Crippen LogP contribution is -2.43. The number of likely N-dealkylation sites (tertiary alicyclic amines) is 1. The lowest BCUT2D eigenvalue weighted by Gasteiger charge is -2.30. The Labute approximate surface area is 136 Å². The van der Waals surface area contributed by atoms with E-state index in [-0.39, 0.29) is 30.3 Å². The van der Waals surface area contributed by atoms with E-state index in [9.17, 15) is 9.59 Å². The molecule has 2 rings (SSSR count). The van der Waals surface area contributed by atoms with E-state index in [4.69, 9.17) is 9.26 Å². The van der Waals surface area contributed by atoms with Crippen LogP contribution in [-0.2, 0) is 14.3 Å². The predicted molar refractivity (Wildman–Crippen MR) is 85.0 cm³/mol. The van der Waals surface area contributed by atoms with Gasteiger partial charge < -0.3 is 9.26 Å². The van der Waals surface area contributed by atoms with Crippen molar-refractivity contribution in [2.45, 2.75) is 39.5 Å². The van der Waals surface area contributed by atoms with Crippen LogP contribution >= 0.6 is 0 Å². The van der Waals surface area contributed by atoms with Crippen molar-refractivity contribution in [3.63, 3.8) is 0 Å². The number of aromatic nitrogens is 1. The minimum absolute atomic E-state index is 0.144. The van der Waals surface area contributed by atoms with Crippen molar-refractivity contribution in [2.75, 3.05) is 31.6 Å². The van der Waals surface area contributed by atoms with Crippen LogP contribution in [0.5, 0.6) is 0 Å². The number of carbonyl (C=O) groups excluding carboxylic acids is 2. The number of ether oxygens (including phenoxy) is 1. The summed E-state index contributed by atoms with van der Waals surface area (Å²) in [5.74, 6) is 0.124. The molecular formula is C16H25N3O4. The molecule has 1 aromatic rings. The van der Waals surface area contributed by atoms with Crippen molar-refractivity contribution < 1.29 is 18.8 Å². The third kappa shape index (κ3) is 5.06. The van der Waals surface area contributed by atoms with Crippen LogP contribution in [-0.4, -0.2) is 48.2 Å². The molecule has 1 atom stereocenters. The Kier molecular flexibility index (Phi) is 6.15. The standard InChI is InChI=1S/C16H25N3O4/c1-4-22-16(21)12-6-5-7-19(9-12)10-14(20)17-15-8-13(11(2)3)18-23-15/h8,11-12H,4-7,9-10H2,1-3H3,(H,17,20)/t12-/m1/s1. The Hall–Kier alpha value is -1.89. The zero-order valence-corrected chi connectivity index (χ0v) is 14.0. The van der Waals surface area contributed by atoms with Crippen LogP contribution in [0.1, 0.15) is 45.2 Å². The molecule has 128 valence electrons. The number of carbonyl (C=O) groups is 2. The van der Waals surface area contributed by atoms with E-state index in [2.05, 4.69) is 10.5 Å². The number of nitrogens with zero attached hydrogens (tertiary/aromatic N) is 2. The molecule has 1 amide bonds. The summed E-state index contributed by atoms with van der Waals surface area (Å²) in [6.45, 7) is 7.79.